The predicted octanol–water partition coefficient (Wildman–Crippen LogP) is 3.53. The summed E-state index contributed by atoms with van der Waals surface area (Å²) in [6, 6.07) is 9.35. The average Bonchev–Trinajstić information content (AvgIpc) is 2.59. The maximum atomic E-state index is 12.4. The summed E-state index contributed by atoms with van der Waals surface area (Å²) in [5, 5.41) is 21.9. The number of pyridine rings is 1. The van der Waals surface area contributed by atoms with Crippen LogP contribution in [-0.2, 0) is 0 Å². The third-order valence-electron chi connectivity index (χ3n) is 3.10. The molecule has 0 spiro atoms. The van der Waals surface area contributed by atoms with Crippen LogP contribution in [0.2, 0.25) is 0 Å². The molecule has 8 nitrogen and oxygen atoms in total. The molecule has 2 rings (SSSR count). The van der Waals surface area contributed by atoms with Crippen LogP contribution in [0.4, 0.5) is 11.5 Å². The average molecular weight is 452 g/mol. The normalized spacial score (nSPS) is 9.92. The summed E-state index contributed by atoms with van der Waals surface area (Å²) in [5.74, 6) is 0.198. The fourth-order valence-corrected chi connectivity index (χ4v) is 2.65. The number of nitriles is 1. The van der Waals surface area contributed by atoms with Crippen LogP contribution in [0.5, 0.6) is 5.75 Å². The van der Waals surface area contributed by atoms with E-state index in [-0.39, 0.29) is 11.5 Å². The first-order valence-corrected chi connectivity index (χ1v) is 8.31. The number of amides is 1. The van der Waals surface area contributed by atoms with Gasteiger partial charge >= 0.3 is 0 Å². The molecule has 0 saturated carbocycles. The monoisotopic (exact) mass is 452 g/mol. The maximum absolute atomic E-state index is 12.4. The van der Waals surface area contributed by atoms with Crippen molar-refractivity contribution in [2.24, 2.45) is 0 Å². The first kappa shape index (κ1) is 18.6. The van der Waals surface area contributed by atoms with Crippen molar-refractivity contribution in [2.45, 2.75) is 12.8 Å². The van der Waals surface area contributed by atoms with Gasteiger partial charge in [-0.15, -0.1) is 0 Å². The molecule has 1 N–H and O–H groups in total. The molecule has 1 aromatic carbocycles. The quantitative estimate of drug-likeness (QED) is 0.297. The molecule has 0 bridgehead atoms. The van der Waals surface area contributed by atoms with Gasteiger partial charge in [-0.2, -0.15) is 5.26 Å². The van der Waals surface area contributed by atoms with Crippen molar-refractivity contribution in [1.29, 1.82) is 5.26 Å². The van der Waals surface area contributed by atoms with Gasteiger partial charge in [0.1, 0.15) is 0 Å². The van der Waals surface area contributed by atoms with Crippen molar-refractivity contribution in [2.75, 3.05) is 11.9 Å². The Kier molecular flexibility index (Phi) is 6.64. The van der Waals surface area contributed by atoms with Gasteiger partial charge in [0.15, 0.2) is 11.6 Å². The molecule has 0 aliphatic carbocycles. The number of ether oxygens (including phenoxy) is 1. The molecule has 1 amide bonds. The van der Waals surface area contributed by atoms with Crippen LogP contribution in [0, 0.1) is 25.0 Å². The van der Waals surface area contributed by atoms with Gasteiger partial charge in [0.05, 0.1) is 23.2 Å². The topological polar surface area (TPSA) is 118 Å². The van der Waals surface area contributed by atoms with Crippen molar-refractivity contribution in [1.82, 2.24) is 4.98 Å². The fourth-order valence-electron chi connectivity index (χ4n) is 1.91. The van der Waals surface area contributed by atoms with Gasteiger partial charge in [-0.1, -0.05) is 0 Å². The fraction of sp³-hybridized carbons (Fsp3) is 0.188. The molecule has 0 aliphatic heterocycles. The number of unbranched alkanes of at least 4 members (excludes halogenated alkanes) is 1. The Balaban J connectivity index is 2.13. The number of nitro benzene ring substituents is 1. The van der Waals surface area contributed by atoms with Crippen LogP contribution in [0.25, 0.3) is 0 Å². The molecule has 0 atom stereocenters. The lowest BCUT2D eigenvalue weighted by atomic mass is 10.2. The number of rotatable bonds is 7. The zero-order valence-electron chi connectivity index (χ0n) is 12.9. The molecule has 128 valence electrons. The molecule has 0 radical (unpaired) electrons. The Hall–Kier alpha value is -2.74. The number of halogens is 1. The van der Waals surface area contributed by atoms with Crippen molar-refractivity contribution in [3.8, 4) is 11.8 Å². The molecule has 9 heteroatoms. The van der Waals surface area contributed by atoms with Gasteiger partial charge in [-0.3, -0.25) is 14.9 Å². The highest BCUT2D eigenvalue weighted by Crippen LogP contribution is 2.24. The zero-order chi connectivity index (χ0) is 18.2. The summed E-state index contributed by atoms with van der Waals surface area (Å²) in [6.45, 7) is 0.331. The zero-order valence-corrected chi connectivity index (χ0v) is 15.1. The SMILES string of the molecule is N#CCCCOc1cccnc1NC(=O)c1ccc([N+](=O)[O-])cc1I. The maximum Gasteiger partial charge on any atom is 0.270 e. The first-order chi connectivity index (χ1) is 12.0. The standard InChI is InChI=1S/C16H13IN4O4/c17-13-10-11(21(23)24)5-6-12(13)16(22)20-15-14(4-3-8-19-15)25-9-2-1-7-18/h3-6,8,10H,1-2,9H2,(H,19,20,22). The van der Waals surface area contributed by atoms with E-state index >= 15 is 0 Å². The lowest BCUT2D eigenvalue weighted by molar-refractivity contribution is -0.384. The third-order valence-corrected chi connectivity index (χ3v) is 3.99. The minimum absolute atomic E-state index is 0.0831. The van der Waals surface area contributed by atoms with E-state index in [0.29, 0.717) is 34.3 Å². The first-order valence-electron chi connectivity index (χ1n) is 7.23. The largest absolute Gasteiger partial charge is 0.490 e. The Morgan fingerprint density at radius 2 is 2.24 bits per heavy atom. The van der Waals surface area contributed by atoms with E-state index in [1.807, 2.05) is 28.7 Å². The summed E-state index contributed by atoms with van der Waals surface area (Å²) in [6.07, 6.45) is 2.46. The van der Waals surface area contributed by atoms with E-state index < -0.39 is 10.8 Å². The summed E-state index contributed by atoms with van der Waals surface area (Å²) in [5.41, 5.74) is 0.215. The van der Waals surface area contributed by atoms with Crippen LogP contribution >= 0.6 is 22.6 Å². The lowest BCUT2D eigenvalue weighted by Crippen LogP contribution is -2.15. The second-order valence-electron chi connectivity index (χ2n) is 4.84. The minimum Gasteiger partial charge on any atom is -0.490 e. The highest BCUT2D eigenvalue weighted by molar-refractivity contribution is 14.1. The molecule has 2 aromatic rings. The van der Waals surface area contributed by atoms with E-state index in [2.05, 4.69) is 10.3 Å². The van der Waals surface area contributed by atoms with E-state index in [1.54, 1.807) is 12.1 Å². The summed E-state index contributed by atoms with van der Waals surface area (Å²) >= 11 is 1.87. The summed E-state index contributed by atoms with van der Waals surface area (Å²) < 4.78 is 5.99. The number of carbonyl (C=O) groups is 1. The molecule has 0 saturated heterocycles. The van der Waals surface area contributed by atoms with Gasteiger partial charge in [0.2, 0.25) is 0 Å². The van der Waals surface area contributed by atoms with Crippen molar-refractivity contribution in [3.63, 3.8) is 0 Å². The van der Waals surface area contributed by atoms with E-state index in [0.717, 1.165) is 0 Å². The molecule has 25 heavy (non-hydrogen) atoms. The number of nitrogens with zero attached hydrogens (tertiary/aromatic N) is 3. The smallest absolute Gasteiger partial charge is 0.270 e. The Morgan fingerprint density at radius 1 is 1.44 bits per heavy atom. The number of carbonyl (C=O) groups excluding carboxylic acids is 1. The van der Waals surface area contributed by atoms with Gasteiger partial charge in [0, 0.05) is 28.3 Å². The molecular weight excluding hydrogens is 439 g/mol. The molecule has 1 heterocycles. The van der Waals surface area contributed by atoms with Gasteiger partial charge in [-0.05, 0) is 47.2 Å². The van der Waals surface area contributed by atoms with E-state index in [9.17, 15) is 14.9 Å². The number of aromatic nitrogens is 1. The molecule has 0 fully saturated rings. The molecule has 0 unspecified atom stereocenters. The van der Waals surface area contributed by atoms with Crippen LogP contribution in [-0.4, -0.2) is 22.4 Å². The Labute approximate surface area is 157 Å². The summed E-state index contributed by atoms with van der Waals surface area (Å²) in [4.78, 5) is 26.8. The second kappa shape index (κ2) is 8.93. The number of non-ortho nitro benzene ring substituents is 1. The highest BCUT2D eigenvalue weighted by atomic mass is 127. The highest BCUT2D eigenvalue weighted by Gasteiger charge is 2.16. The van der Waals surface area contributed by atoms with E-state index in [4.69, 9.17) is 10.00 Å². The summed E-state index contributed by atoms with van der Waals surface area (Å²) in [7, 11) is 0. The Morgan fingerprint density at radius 3 is 2.92 bits per heavy atom. The number of benzene rings is 1. The van der Waals surface area contributed by atoms with Crippen LogP contribution < -0.4 is 10.1 Å². The number of hydrogen-bond donors (Lipinski definition) is 1. The lowest BCUT2D eigenvalue weighted by Gasteiger charge is -2.11. The second-order valence-corrected chi connectivity index (χ2v) is 6.00. The number of hydrogen-bond acceptors (Lipinski definition) is 6. The minimum atomic E-state index is -0.518. The Bertz CT molecular complexity index is 835. The predicted molar refractivity (Wildman–Crippen MR) is 98.3 cm³/mol. The van der Waals surface area contributed by atoms with Crippen LogP contribution in [0.3, 0.4) is 0 Å². The van der Waals surface area contributed by atoms with Gasteiger partial charge < -0.3 is 10.1 Å². The van der Waals surface area contributed by atoms with Crippen LogP contribution in [0.15, 0.2) is 36.5 Å². The number of anilines is 1. The number of nitrogens with one attached hydrogen (secondary N) is 1. The van der Waals surface area contributed by atoms with Gasteiger partial charge in [-0.25, -0.2) is 4.98 Å². The third kappa shape index (κ3) is 5.12. The van der Waals surface area contributed by atoms with Crippen molar-refractivity contribution < 1.29 is 14.5 Å². The molecule has 0 aliphatic rings. The van der Waals surface area contributed by atoms with Gasteiger partial charge in [0.25, 0.3) is 11.6 Å². The van der Waals surface area contributed by atoms with Crippen molar-refractivity contribution in [3.05, 3.63) is 55.8 Å². The van der Waals surface area contributed by atoms with Crippen LogP contribution in [0.1, 0.15) is 23.2 Å². The molecule has 1 aromatic heterocycles. The van der Waals surface area contributed by atoms with E-state index in [1.165, 1.54) is 24.4 Å². The van der Waals surface area contributed by atoms with Crippen molar-refractivity contribution >= 4 is 40.0 Å². The molecular formula is C16H13IN4O4. The number of nitro groups is 1.